The van der Waals surface area contributed by atoms with E-state index in [-0.39, 0.29) is 24.0 Å². The van der Waals surface area contributed by atoms with Gasteiger partial charge in [-0.05, 0) is 35.4 Å². The fourth-order valence-corrected chi connectivity index (χ4v) is 2.02. The van der Waals surface area contributed by atoms with E-state index in [9.17, 15) is 0 Å². The van der Waals surface area contributed by atoms with Crippen molar-refractivity contribution in [2.24, 2.45) is 4.99 Å². The lowest BCUT2D eigenvalue weighted by atomic mass is 10.1. The van der Waals surface area contributed by atoms with Gasteiger partial charge in [-0.15, -0.1) is 24.0 Å². The Morgan fingerprint density at radius 2 is 1.48 bits per heavy atom. The maximum Gasteiger partial charge on any atom is 0.191 e. The van der Waals surface area contributed by atoms with Gasteiger partial charge in [-0.1, -0.05) is 35.9 Å². The number of nitrogens with zero attached hydrogens (tertiary/aromatic N) is 2. The average molecular weight is 441 g/mol. The van der Waals surface area contributed by atoms with Gasteiger partial charge in [0, 0.05) is 25.2 Å². The first kappa shape index (κ1) is 19.3. The summed E-state index contributed by atoms with van der Waals surface area (Å²) in [6.07, 6.45) is 0. The Labute approximate surface area is 158 Å². The standard InChI is InChI=1S/C17H17ClN4.HI/c1-20-17(22-12-15-6-8-16(18)9-7-15)21-11-14-4-2-13(10-19)3-5-14;/h2-9H,11-12H2,1H3,(H2,20,21,22);1H. The lowest BCUT2D eigenvalue weighted by molar-refractivity contribution is 0.809. The molecule has 0 atom stereocenters. The number of rotatable bonds is 4. The van der Waals surface area contributed by atoms with Crippen LogP contribution in [0, 0.1) is 11.3 Å². The van der Waals surface area contributed by atoms with Gasteiger partial charge < -0.3 is 10.6 Å². The fourth-order valence-electron chi connectivity index (χ4n) is 1.89. The monoisotopic (exact) mass is 440 g/mol. The molecule has 0 aliphatic rings. The topological polar surface area (TPSA) is 60.2 Å². The van der Waals surface area contributed by atoms with E-state index in [1.165, 1.54) is 0 Å². The predicted octanol–water partition coefficient (Wildman–Crippen LogP) is 3.69. The Balaban J connectivity index is 0.00000264. The molecule has 2 aromatic rings. The Morgan fingerprint density at radius 3 is 1.91 bits per heavy atom. The molecule has 0 saturated carbocycles. The van der Waals surface area contributed by atoms with Gasteiger partial charge in [0.25, 0.3) is 0 Å². The van der Waals surface area contributed by atoms with Gasteiger partial charge in [-0.2, -0.15) is 5.26 Å². The first-order valence-electron chi connectivity index (χ1n) is 6.89. The summed E-state index contributed by atoms with van der Waals surface area (Å²) < 4.78 is 0. The normalized spacial score (nSPS) is 10.4. The molecule has 2 rings (SSSR count). The van der Waals surface area contributed by atoms with Crippen molar-refractivity contribution >= 4 is 41.5 Å². The number of hydrogen-bond donors (Lipinski definition) is 2. The second-order valence-corrected chi connectivity index (χ2v) is 5.15. The van der Waals surface area contributed by atoms with E-state index in [1.54, 1.807) is 19.2 Å². The zero-order valence-corrected chi connectivity index (χ0v) is 15.8. The molecule has 0 heterocycles. The van der Waals surface area contributed by atoms with Crippen LogP contribution >= 0.6 is 35.6 Å². The van der Waals surface area contributed by atoms with Crippen molar-refractivity contribution in [3.05, 3.63) is 70.2 Å². The third kappa shape index (κ3) is 6.47. The molecule has 0 saturated heterocycles. The van der Waals surface area contributed by atoms with Gasteiger partial charge in [-0.3, -0.25) is 4.99 Å². The van der Waals surface area contributed by atoms with Crippen LogP contribution < -0.4 is 10.6 Å². The van der Waals surface area contributed by atoms with Crippen molar-refractivity contribution in [2.45, 2.75) is 13.1 Å². The minimum absolute atomic E-state index is 0. The van der Waals surface area contributed by atoms with Crippen LogP contribution in [0.2, 0.25) is 5.02 Å². The maximum atomic E-state index is 8.78. The SMILES string of the molecule is CN=C(NCc1ccc(Cl)cc1)NCc1ccc(C#N)cc1.I. The van der Waals surface area contributed by atoms with E-state index in [2.05, 4.69) is 21.7 Å². The summed E-state index contributed by atoms with van der Waals surface area (Å²) >= 11 is 5.86. The number of benzene rings is 2. The van der Waals surface area contributed by atoms with Crippen LogP contribution in [0.1, 0.15) is 16.7 Å². The Kier molecular flexibility index (Phi) is 8.45. The molecule has 0 aromatic heterocycles. The van der Waals surface area contributed by atoms with E-state index in [4.69, 9.17) is 16.9 Å². The zero-order chi connectivity index (χ0) is 15.8. The summed E-state index contributed by atoms with van der Waals surface area (Å²) in [5.74, 6) is 0.722. The van der Waals surface area contributed by atoms with Crippen molar-refractivity contribution in [2.75, 3.05) is 7.05 Å². The second-order valence-electron chi connectivity index (χ2n) is 4.71. The summed E-state index contributed by atoms with van der Waals surface area (Å²) in [4.78, 5) is 4.19. The first-order valence-corrected chi connectivity index (χ1v) is 7.27. The number of halogens is 2. The van der Waals surface area contributed by atoms with Gasteiger partial charge in [0.15, 0.2) is 5.96 Å². The molecule has 0 spiro atoms. The second kappa shape index (κ2) is 10.1. The molecular formula is C17H18ClIN4. The fraction of sp³-hybridized carbons (Fsp3) is 0.176. The van der Waals surface area contributed by atoms with Crippen LogP contribution in [-0.4, -0.2) is 13.0 Å². The number of guanidine groups is 1. The maximum absolute atomic E-state index is 8.78. The number of nitriles is 1. The quantitative estimate of drug-likeness (QED) is 0.433. The van der Waals surface area contributed by atoms with Crippen LogP contribution in [0.4, 0.5) is 0 Å². The molecule has 0 unspecified atom stereocenters. The number of nitrogens with one attached hydrogen (secondary N) is 2. The van der Waals surface area contributed by atoms with E-state index in [1.807, 2.05) is 36.4 Å². The predicted molar refractivity (Wildman–Crippen MR) is 105 cm³/mol. The molecule has 0 radical (unpaired) electrons. The highest BCUT2D eigenvalue weighted by molar-refractivity contribution is 14.0. The Hall–Kier alpha value is -1.78. The van der Waals surface area contributed by atoms with E-state index >= 15 is 0 Å². The van der Waals surface area contributed by atoms with Gasteiger partial charge in [0.05, 0.1) is 11.6 Å². The van der Waals surface area contributed by atoms with Gasteiger partial charge in [0.2, 0.25) is 0 Å². The molecule has 0 aliphatic heterocycles. The highest BCUT2D eigenvalue weighted by Gasteiger charge is 2.00. The molecule has 6 heteroatoms. The molecular weight excluding hydrogens is 423 g/mol. The Bertz CT molecular complexity index is 675. The zero-order valence-electron chi connectivity index (χ0n) is 12.7. The molecule has 2 aromatic carbocycles. The van der Waals surface area contributed by atoms with Crippen LogP contribution in [0.15, 0.2) is 53.5 Å². The smallest absolute Gasteiger partial charge is 0.191 e. The molecule has 120 valence electrons. The van der Waals surface area contributed by atoms with E-state index in [0.717, 1.165) is 22.1 Å². The first-order chi connectivity index (χ1) is 10.7. The van der Waals surface area contributed by atoms with Crippen molar-refractivity contribution in [1.82, 2.24) is 10.6 Å². The third-order valence-corrected chi connectivity index (χ3v) is 3.39. The van der Waals surface area contributed by atoms with E-state index in [0.29, 0.717) is 18.7 Å². The van der Waals surface area contributed by atoms with E-state index < -0.39 is 0 Å². The minimum Gasteiger partial charge on any atom is -0.352 e. The van der Waals surface area contributed by atoms with Gasteiger partial charge in [0.1, 0.15) is 0 Å². The van der Waals surface area contributed by atoms with Crippen LogP contribution in [-0.2, 0) is 13.1 Å². The Morgan fingerprint density at radius 1 is 1.00 bits per heavy atom. The number of aliphatic imine (C=N–C) groups is 1. The minimum atomic E-state index is 0. The third-order valence-electron chi connectivity index (χ3n) is 3.14. The van der Waals surface area contributed by atoms with Crippen LogP contribution in [0.3, 0.4) is 0 Å². The summed E-state index contributed by atoms with van der Waals surface area (Å²) in [6.45, 7) is 1.32. The molecule has 2 N–H and O–H groups in total. The molecule has 0 fully saturated rings. The lowest BCUT2D eigenvalue weighted by Gasteiger charge is -2.12. The number of hydrogen-bond acceptors (Lipinski definition) is 2. The molecule has 0 aliphatic carbocycles. The summed E-state index contributed by atoms with van der Waals surface area (Å²) in [5.41, 5.74) is 2.88. The van der Waals surface area contributed by atoms with Crippen molar-refractivity contribution in [1.29, 1.82) is 5.26 Å². The lowest BCUT2D eigenvalue weighted by Crippen LogP contribution is -2.36. The highest BCUT2D eigenvalue weighted by Crippen LogP contribution is 2.09. The summed E-state index contributed by atoms with van der Waals surface area (Å²) in [5, 5.41) is 16.0. The average Bonchev–Trinajstić information content (AvgIpc) is 2.57. The van der Waals surface area contributed by atoms with Gasteiger partial charge >= 0.3 is 0 Å². The summed E-state index contributed by atoms with van der Waals surface area (Å²) in [6, 6.07) is 17.3. The molecule has 23 heavy (non-hydrogen) atoms. The van der Waals surface area contributed by atoms with Crippen molar-refractivity contribution < 1.29 is 0 Å². The molecule has 0 amide bonds. The summed E-state index contributed by atoms with van der Waals surface area (Å²) in [7, 11) is 1.73. The van der Waals surface area contributed by atoms with Crippen LogP contribution in [0.25, 0.3) is 0 Å². The van der Waals surface area contributed by atoms with Crippen molar-refractivity contribution in [3.63, 3.8) is 0 Å². The molecule has 0 bridgehead atoms. The largest absolute Gasteiger partial charge is 0.352 e. The van der Waals surface area contributed by atoms with Gasteiger partial charge in [-0.25, -0.2) is 0 Å². The van der Waals surface area contributed by atoms with Crippen LogP contribution in [0.5, 0.6) is 0 Å². The highest BCUT2D eigenvalue weighted by atomic mass is 127. The molecule has 4 nitrogen and oxygen atoms in total. The van der Waals surface area contributed by atoms with Crippen molar-refractivity contribution in [3.8, 4) is 6.07 Å².